The van der Waals surface area contributed by atoms with E-state index < -0.39 is 5.60 Å². The summed E-state index contributed by atoms with van der Waals surface area (Å²) in [6.07, 6.45) is 1.97. The van der Waals surface area contributed by atoms with E-state index in [-0.39, 0.29) is 12.5 Å². The van der Waals surface area contributed by atoms with Crippen molar-refractivity contribution in [2.24, 2.45) is 5.16 Å². The molecule has 1 amide bonds. The molecule has 4 aromatic rings. The normalized spacial score (nSPS) is 16.5. The van der Waals surface area contributed by atoms with Crippen LogP contribution in [0.25, 0.3) is 0 Å². The predicted octanol–water partition coefficient (Wildman–Crippen LogP) is 6.36. The Morgan fingerprint density at radius 3 is 2.45 bits per heavy atom. The van der Waals surface area contributed by atoms with E-state index in [0.717, 1.165) is 45.0 Å². The van der Waals surface area contributed by atoms with Crippen molar-refractivity contribution < 1.29 is 23.9 Å². The molecule has 0 aliphatic carbocycles. The average Bonchev–Trinajstić information content (AvgIpc) is 3.03. The number of hydrogen-bond donors (Lipinski definition) is 3. The summed E-state index contributed by atoms with van der Waals surface area (Å²) in [5.74, 6) is 1.61. The monoisotopic (exact) mass is 595 g/mol. The largest absolute Gasteiger partial charge is 0.489 e. The molecule has 0 saturated carbocycles. The lowest BCUT2D eigenvalue weighted by Crippen LogP contribution is -2.45. The minimum absolute atomic E-state index is 0.268. The SMILES string of the molecule is CON=C1CC(C)(COc2ccc(NC(=O)c3ccc(NOCc4ccccc4)nc3)cc2)Oc2c(C)c(C)c(N)c(C)c21. The molecule has 1 unspecified atom stereocenters. The van der Waals surface area contributed by atoms with Crippen LogP contribution >= 0.6 is 0 Å². The maximum Gasteiger partial charge on any atom is 0.257 e. The van der Waals surface area contributed by atoms with E-state index in [2.05, 4.69) is 20.9 Å². The number of nitrogens with zero attached hydrogens (tertiary/aromatic N) is 2. The van der Waals surface area contributed by atoms with Crippen LogP contribution in [0.3, 0.4) is 0 Å². The van der Waals surface area contributed by atoms with Gasteiger partial charge in [-0.2, -0.15) is 0 Å². The highest BCUT2D eigenvalue weighted by molar-refractivity contribution is 6.07. The van der Waals surface area contributed by atoms with Gasteiger partial charge >= 0.3 is 0 Å². The molecule has 1 aromatic heterocycles. The molecule has 0 saturated heterocycles. The van der Waals surface area contributed by atoms with E-state index in [1.165, 1.54) is 13.3 Å². The molecule has 10 nitrogen and oxygen atoms in total. The Balaban J connectivity index is 1.17. The molecule has 10 heteroatoms. The maximum absolute atomic E-state index is 12.8. The highest BCUT2D eigenvalue weighted by atomic mass is 16.6. The van der Waals surface area contributed by atoms with Crippen LogP contribution in [0.5, 0.6) is 11.5 Å². The molecule has 44 heavy (non-hydrogen) atoms. The molecular formula is C34H37N5O5. The van der Waals surface area contributed by atoms with Gasteiger partial charge in [-0.3, -0.25) is 9.63 Å². The van der Waals surface area contributed by atoms with E-state index in [1.54, 1.807) is 36.4 Å². The van der Waals surface area contributed by atoms with Crippen LogP contribution in [0.4, 0.5) is 17.2 Å². The van der Waals surface area contributed by atoms with Crippen LogP contribution in [0.1, 0.15) is 51.5 Å². The van der Waals surface area contributed by atoms with Gasteiger partial charge in [0.25, 0.3) is 5.91 Å². The first-order valence-corrected chi connectivity index (χ1v) is 14.3. The van der Waals surface area contributed by atoms with Gasteiger partial charge in [0, 0.05) is 29.6 Å². The van der Waals surface area contributed by atoms with Crippen LogP contribution in [-0.4, -0.2) is 35.9 Å². The molecular weight excluding hydrogens is 558 g/mol. The van der Waals surface area contributed by atoms with Crippen LogP contribution in [-0.2, 0) is 16.3 Å². The third-order valence-electron chi connectivity index (χ3n) is 7.63. The lowest BCUT2D eigenvalue weighted by atomic mass is 9.85. The maximum atomic E-state index is 12.8. The highest BCUT2D eigenvalue weighted by Gasteiger charge is 2.39. The predicted molar refractivity (Wildman–Crippen MR) is 171 cm³/mol. The molecule has 4 N–H and O–H groups in total. The van der Waals surface area contributed by atoms with Gasteiger partial charge in [0.15, 0.2) is 0 Å². The fraction of sp³-hybridized carbons (Fsp3) is 0.265. The van der Waals surface area contributed by atoms with Crippen molar-refractivity contribution in [1.29, 1.82) is 0 Å². The van der Waals surface area contributed by atoms with Gasteiger partial charge in [-0.05, 0) is 86.3 Å². The second kappa shape index (κ2) is 13.0. The summed E-state index contributed by atoms with van der Waals surface area (Å²) < 4.78 is 12.7. The lowest BCUT2D eigenvalue weighted by Gasteiger charge is -2.38. The summed E-state index contributed by atoms with van der Waals surface area (Å²) >= 11 is 0. The van der Waals surface area contributed by atoms with Crippen molar-refractivity contribution in [1.82, 2.24) is 4.98 Å². The molecule has 0 radical (unpaired) electrons. The topological polar surface area (TPSA) is 129 Å². The number of hydrogen-bond acceptors (Lipinski definition) is 9. The first-order valence-electron chi connectivity index (χ1n) is 14.3. The summed E-state index contributed by atoms with van der Waals surface area (Å²) in [5, 5.41) is 7.20. The molecule has 2 heterocycles. The van der Waals surface area contributed by atoms with Gasteiger partial charge in [0.2, 0.25) is 0 Å². The van der Waals surface area contributed by atoms with Crippen molar-refractivity contribution in [2.75, 3.05) is 30.2 Å². The standard InChI is InChI=1S/C34H37N5O5/c1-21-22(2)32-30(23(3)31(21)35)28(38-41-5)17-34(4,44-32)20-42-27-14-12-26(13-15-27)37-33(40)25-11-16-29(36-18-25)39-43-19-24-9-7-6-8-10-24/h6-16,18H,17,19-20,35H2,1-5H3,(H,36,39)(H,37,40). The Kier molecular flexibility index (Phi) is 9.01. The summed E-state index contributed by atoms with van der Waals surface area (Å²) in [6, 6.07) is 20.3. The van der Waals surface area contributed by atoms with Gasteiger partial charge in [0.05, 0.1) is 17.9 Å². The number of aromatic nitrogens is 1. The minimum Gasteiger partial charge on any atom is -0.489 e. The zero-order chi connectivity index (χ0) is 31.3. The van der Waals surface area contributed by atoms with Gasteiger partial charge in [-0.25, -0.2) is 10.5 Å². The summed E-state index contributed by atoms with van der Waals surface area (Å²) in [5.41, 5.74) is 15.8. The second-order valence-electron chi connectivity index (χ2n) is 11.0. The summed E-state index contributed by atoms with van der Waals surface area (Å²) in [6.45, 7) is 8.60. The molecule has 228 valence electrons. The third-order valence-corrected chi connectivity index (χ3v) is 7.63. The Morgan fingerprint density at radius 2 is 1.77 bits per heavy atom. The number of nitrogens with two attached hydrogens (primary N) is 1. The number of anilines is 3. The fourth-order valence-corrected chi connectivity index (χ4v) is 5.04. The van der Waals surface area contributed by atoms with Crippen LogP contribution in [0.2, 0.25) is 0 Å². The zero-order valence-corrected chi connectivity index (χ0v) is 25.6. The van der Waals surface area contributed by atoms with E-state index in [0.29, 0.717) is 35.8 Å². The average molecular weight is 596 g/mol. The van der Waals surface area contributed by atoms with Gasteiger partial charge in [-0.15, -0.1) is 0 Å². The van der Waals surface area contributed by atoms with Crippen LogP contribution in [0.15, 0.2) is 78.1 Å². The minimum atomic E-state index is -0.697. The number of benzene rings is 3. The lowest BCUT2D eigenvalue weighted by molar-refractivity contribution is 0.0353. The number of fused-ring (bicyclic) bond motifs is 1. The Hall–Kier alpha value is -5.09. The number of oxime groups is 1. The fourth-order valence-electron chi connectivity index (χ4n) is 5.04. The molecule has 1 aliphatic rings. The van der Waals surface area contributed by atoms with Gasteiger partial charge in [0.1, 0.15) is 36.6 Å². The number of carbonyl (C=O) groups excluding carboxylic acids is 1. The second-order valence-corrected chi connectivity index (χ2v) is 11.0. The van der Waals surface area contributed by atoms with Crippen LogP contribution < -0.4 is 26.0 Å². The van der Waals surface area contributed by atoms with E-state index in [9.17, 15) is 4.79 Å². The van der Waals surface area contributed by atoms with Crippen molar-refractivity contribution in [3.63, 3.8) is 0 Å². The first kappa shape index (κ1) is 30.4. The first-order chi connectivity index (χ1) is 21.2. The number of rotatable bonds is 10. The Morgan fingerprint density at radius 1 is 1.02 bits per heavy atom. The van der Waals surface area contributed by atoms with Crippen molar-refractivity contribution >= 4 is 28.8 Å². The van der Waals surface area contributed by atoms with Crippen molar-refractivity contribution in [3.05, 3.63) is 106 Å². The number of ether oxygens (including phenoxy) is 2. The van der Waals surface area contributed by atoms with Crippen molar-refractivity contribution in [3.8, 4) is 11.5 Å². The van der Waals surface area contributed by atoms with Gasteiger partial charge < -0.3 is 25.4 Å². The third kappa shape index (κ3) is 6.76. The quantitative estimate of drug-likeness (QED) is 0.143. The van der Waals surface area contributed by atoms with Crippen molar-refractivity contribution in [2.45, 2.75) is 46.3 Å². The number of pyridine rings is 1. The molecule has 3 aromatic carbocycles. The smallest absolute Gasteiger partial charge is 0.257 e. The number of nitrogens with one attached hydrogen (secondary N) is 2. The summed E-state index contributed by atoms with van der Waals surface area (Å²) in [4.78, 5) is 27.7. The molecule has 5 rings (SSSR count). The number of amides is 1. The van der Waals surface area contributed by atoms with E-state index >= 15 is 0 Å². The summed E-state index contributed by atoms with van der Waals surface area (Å²) in [7, 11) is 1.53. The number of nitrogen functional groups attached to an aromatic ring is 1. The highest BCUT2D eigenvalue weighted by Crippen LogP contribution is 2.42. The molecule has 0 fully saturated rings. The number of carbonyl (C=O) groups is 1. The van der Waals surface area contributed by atoms with Crippen LogP contribution in [0, 0.1) is 20.8 Å². The van der Waals surface area contributed by atoms with E-state index in [4.69, 9.17) is 24.9 Å². The molecule has 0 spiro atoms. The van der Waals surface area contributed by atoms with Gasteiger partial charge in [-0.1, -0.05) is 35.5 Å². The van der Waals surface area contributed by atoms with E-state index in [1.807, 2.05) is 58.0 Å². The zero-order valence-electron chi connectivity index (χ0n) is 25.6. The molecule has 0 bridgehead atoms. The molecule has 1 aliphatic heterocycles. The Labute approximate surface area is 257 Å². The molecule has 1 atom stereocenters. The Bertz CT molecular complexity index is 1660.